The van der Waals surface area contributed by atoms with Crippen molar-refractivity contribution < 1.29 is 9.53 Å². The molecule has 1 amide bonds. The zero-order valence-electron chi connectivity index (χ0n) is 13.9. The van der Waals surface area contributed by atoms with Gasteiger partial charge in [0.15, 0.2) is 0 Å². The van der Waals surface area contributed by atoms with Gasteiger partial charge in [-0.05, 0) is 37.0 Å². The number of ether oxygens (including phenoxy) is 1. The molecule has 1 fully saturated rings. The predicted octanol–water partition coefficient (Wildman–Crippen LogP) is 2.38. The molecule has 2 heterocycles. The van der Waals surface area contributed by atoms with Crippen LogP contribution in [0, 0.1) is 0 Å². The molecule has 1 aliphatic heterocycles. The average molecular weight is 326 g/mol. The van der Waals surface area contributed by atoms with Crippen molar-refractivity contribution in [2.24, 2.45) is 0 Å². The SMILES string of the molecule is COc1ccc(CCNc2cc(C(=O)N3CCCC3)ncn2)cc1. The fraction of sp³-hybridized carbons (Fsp3) is 0.389. The Morgan fingerprint density at radius 1 is 1.21 bits per heavy atom. The lowest BCUT2D eigenvalue weighted by Crippen LogP contribution is -2.28. The Labute approximate surface area is 141 Å². The van der Waals surface area contributed by atoms with Crippen LogP contribution >= 0.6 is 0 Å². The van der Waals surface area contributed by atoms with Crippen LogP contribution in [0.1, 0.15) is 28.9 Å². The van der Waals surface area contributed by atoms with E-state index >= 15 is 0 Å². The van der Waals surface area contributed by atoms with Gasteiger partial charge in [-0.25, -0.2) is 9.97 Å². The average Bonchev–Trinajstić information content (AvgIpc) is 3.16. The van der Waals surface area contributed by atoms with Gasteiger partial charge in [0.05, 0.1) is 7.11 Å². The Bertz CT molecular complexity index is 682. The van der Waals surface area contributed by atoms with E-state index < -0.39 is 0 Å². The standard InChI is InChI=1S/C18H22N4O2/c1-24-15-6-4-14(5-7-15)8-9-19-17-12-16(20-13-21-17)18(23)22-10-2-3-11-22/h4-7,12-13H,2-3,8-11H2,1H3,(H,19,20,21). The summed E-state index contributed by atoms with van der Waals surface area (Å²) in [5.74, 6) is 1.53. The minimum absolute atomic E-state index is 0.00638. The number of benzene rings is 1. The summed E-state index contributed by atoms with van der Waals surface area (Å²) in [5, 5.41) is 3.25. The maximum atomic E-state index is 12.4. The monoisotopic (exact) mass is 326 g/mol. The number of carbonyl (C=O) groups is 1. The number of nitrogens with one attached hydrogen (secondary N) is 1. The summed E-state index contributed by atoms with van der Waals surface area (Å²) < 4.78 is 5.15. The van der Waals surface area contributed by atoms with E-state index in [0.29, 0.717) is 11.5 Å². The summed E-state index contributed by atoms with van der Waals surface area (Å²) in [6, 6.07) is 9.72. The van der Waals surface area contributed by atoms with E-state index in [2.05, 4.69) is 15.3 Å². The van der Waals surface area contributed by atoms with Crippen LogP contribution in [0.5, 0.6) is 5.75 Å². The fourth-order valence-electron chi connectivity index (χ4n) is 2.78. The third kappa shape index (κ3) is 4.01. The lowest BCUT2D eigenvalue weighted by molar-refractivity contribution is 0.0787. The number of hydrogen-bond acceptors (Lipinski definition) is 5. The second-order valence-corrected chi connectivity index (χ2v) is 5.81. The van der Waals surface area contributed by atoms with Crippen LogP contribution in [0.25, 0.3) is 0 Å². The normalized spacial score (nSPS) is 13.8. The highest BCUT2D eigenvalue weighted by atomic mass is 16.5. The molecule has 6 nitrogen and oxygen atoms in total. The number of amides is 1. The summed E-state index contributed by atoms with van der Waals surface area (Å²) in [4.78, 5) is 22.5. The van der Waals surface area contributed by atoms with E-state index in [9.17, 15) is 4.79 Å². The van der Waals surface area contributed by atoms with Crippen molar-refractivity contribution in [1.29, 1.82) is 0 Å². The summed E-state index contributed by atoms with van der Waals surface area (Å²) >= 11 is 0. The first-order valence-corrected chi connectivity index (χ1v) is 8.24. The highest BCUT2D eigenvalue weighted by molar-refractivity contribution is 5.93. The van der Waals surface area contributed by atoms with Crippen molar-refractivity contribution in [1.82, 2.24) is 14.9 Å². The maximum Gasteiger partial charge on any atom is 0.272 e. The van der Waals surface area contributed by atoms with E-state index in [-0.39, 0.29) is 5.91 Å². The van der Waals surface area contributed by atoms with Crippen LogP contribution in [0.15, 0.2) is 36.7 Å². The topological polar surface area (TPSA) is 67.3 Å². The molecule has 0 radical (unpaired) electrons. The van der Waals surface area contributed by atoms with Crippen molar-refractivity contribution in [3.8, 4) is 5.75 Å². The summed E-state index contributed by atoms with van der Waals surface area (Å²) in [6.07, 6.45) is 4.45. The minimum Gasteiger partial charge on any atom is -0.497 e. The molecule has 1 aliphatic rings. The van der Waals surface area contributed by atoms with Gasteiger partial charge in [-0.2, -0.15) is 0 Å². The van der Waals surface area contributed by atoms with Crippen molar-refractivity contribution in [3.63, 3.8) is 0 Å². The van der Waals surface area contributed by atoms with E-state index in [0.717, 1.165) is 44.6 Å². The molecule has 1 saturated heterocycles. The minimum atomic E-state index is -0.00638. The van der Waals surface area contributed by atoms with Gasteiger partial charge in [0.2, 0.25) is 0 Å². The van der Waals surface area contributed by atoms with E-state index in [4.69, 9.17) is 4.74 Å². The fourth-order valence-corrected chi connectivity index (χ4v) is 2.78. The van der Waals surface area contributed by atoms with Crippen molar-refractivity contribution >= 4 is 11.7 Å². The molecule has 126 valence electrons. The smallest absolute Gasteiger partial charge is 0.272 e. The maximum absolute atomic E-state index is 12.4. The van der Waals surface area contributed by atoms with Crippen LogP contribution in [0.3, 0.4) is 0 Å². The molecule has 6 heteroatoms. The van der Waals surface area contributed by atoms with Crippen LogP contribution in [0.2, 0.25) is 0 Å². The first kappa shape index (κ1) is 16.2. The Kier molecular flexibility index (Phi) is 5.25. The molecule has 0 bridgehead atoms. The van der Waals surface area contributed by atoms with Gasteiger partial charge in [0.25, 0.3) is 5.91 Å². The molecule has 0 aliphatic carbocycles. The van der Waals surface area contributed by atoms with Crippen LogP contribution in [-0.4, -0.2) is 47.5 Å². The highest BCUT2D eigenvalue weighted by Crippen LogP contribution is 2.14. The number of aromatic nitrogens is 2. The van der Waals surface area contributed by atoms with Crippen LogP contribution < -0.4 is 10.1 Å². The Morgan fingerprint density at radius 3 is 2.67 bits per heavy atom. The third-order valence-corrected chi connectivity index (χ3v) is 4.16. The molecule has 0 unspecified atom stereocenters. The molecule has 2 aromatic rings. The van der Waals surface area contributed by atoms with Gasteiger partial charge in [-0.3, -0.25) is 4.79 Å². The van der Waals surface area contributed by atoms with E-state index in [1.165, 1.54) is 11.9 Å². The molecule has 24 heavy (non-hydrogen) atoms. The second kappa shape index (κ2) is 7.77. The first-order chi connectivity index (χ1) is 11.8. The van der Waals surface area contributed by atoms with Gasteiger partial charge >= 0.3 is 0 Å². The lowest BCUT2D eigenvalue weighted by atomic mass is 10.1. The lowest BCUT2D eigenvalue weighted by Gasteiger charge is -2.14. The number of likely N-dealkylation sites (tertiary alicyclic amines) is 1. The van der Waals surface area contributed by atoms with Crippen LogP contribution in [-0.2, 0) is 6.42 Å². The Morgan fingerprint density at radius 2 is 1.96 bits per heavy atom. The Balaban J connectivity index is 1.55. The Hall–Kier alpha value is -2.63. The molecule has 0 spiro atoms. The van der Waals surface area contributed by atoms with Gasteiger partial charge in [0.1, 0.15) is 23.6 Å². The largest absolute Gasteiger partial charge is 0.497 e. The zero-order chi connectivity index (χ0) is 16.8. The molecular weight excluding hydrogens is 304 g/mol. The number of carbonyl (C=O) groups excluding carboxylic acids is 1. The number of methoxy groups -OCH3 is 1. The first-order valence-electron chi connectivity index (χ1n) is 8.24. The van der Waals surface area contributed by atoms with Crippen LogP contribution in [0.4, 0.5) is 5.82 Å². The number of rotatable bonds is 6. The quantitative estimate of drug-likeness (QED) is 0.883. The van der Waals surface area contributed by atoms with E-state index in [1.807, 2.05) is 29.2 Å². The number of hydrogen-bond donors (Lipinski definition) is 1. The molecule has 0 saturated carbocycles. The van der Waals surface area contributed by atoms with Crippen molar-refractivity contribution in [2.75, 3.05) is 32.1 Å². The predicted molar refractivity (Wildman–Crippen MR) is 92.4 cm³/mol. The molecule has 1 aromatic carbocycles. The van der Waals surface area contributed by atoms with Crippen molar-refractivity contribution in [2.45, 2.75) is 19.3 Å². The molecule has 1 aromatic heterocycles. The summed E-state index contributed by atoms with van der Waals surface area (Å²) in [5.41, 5.74) is 1.67. The number of anilines is 1. The van der Waals surface area contributed by atoms with Gasteiger partial charge in [-0.15, -0.1) is 0 Å². The zero-order valence-corrected chi connectivity index (χ0v) is 13.9. The van der Waals surface area contributed by atoms with Crippen molar-refractivity contribution in [3.05, 3.63) is 47.9 Å². The molecule has 3 rings (SSSR count). The third-order valence-electron chi connectivity index (χ3n) is 4.16. The van der Waals surface area contributed by atoms with Gasteiger partial charge < -0.3 is 15.0 Å². The second-order valence-electron chi connectivity index (χ2n) is 5.81. The highest BCUT2D eigenvalue weighted by Gasteiger charge is 2.20. The molecule has 1 N–H and O–H groups in total. The van der Waals surface area contributed by atoms with Gasteiger partial charge in [-0.1, -0.05) is 12.1 Å². The summed E-state index contributed by atoms with van der Waals surface area (Å²) in [7, 11) is 1.66. The van der Waals surface area contributed by atoms with E-state index in [1.54, 1.807) is 13.2 Å². The molecule has 0 atom stereocenters. The van der Waals surface area contributed by atoms with Gasteiger partial charge in [0, 0.05) is 25.7 Å². The molecular formula is C18H22N4O2. The number of nitrogens with zero attached hydrogens (tertiary/aromatic N) is 3. The summed E-state index contributed by atoms with van der Waals surface area (Å²) in [6.45, 7) is 2.38.